The van der Waals surface area contributed by atoms with Gasteiger partial charge in [0.15, 0.2) is 0 Å². The number of ether oxygens (including phenoxy) is 1. The fourth-order valence-electron chi connectivity index (χ4n) is 5.44. The zero-order valence-electron chi connectivity index (χ0n) is 24.2. The molecule has 0 saturated carbocycles. The van der Waals surface area contributed by atoms with Crippen LogP contribution in [0.2, 0.25) is 0 Å². The predicted molar refractivity (Wildman–Crippen MR) is 151 cm³/mol. The van der Waals surface area contributed by atoms with Crippen molar-refractivity contribution in [1.29, 1.82) is 0 Å². The number of nitrogens with one attached hydrogen (secondary N) is 1. The molecule has 2 aliphatic heterocycles. The van der Waals surface area contributed by atoms with Crippen molar-refractivity contribution in [2.24, 2.45) is 0 Å². The Morgan fingerprint density at radius 2 is 1.82 bits per heavy atom. The monoisotopic (exact) mass is 538 g/mol. The van der Waals surface area contributed by atoms with Gasteiger partial charge in [-0.3, -0.25) is 14.5 Å². The maximum Gasteiger partial charge on any atom is 0.410 e. The van der Waals surface area contributed by atoms with E-state index in [9.17, 15) is 19.5 Å². The molecule has 2 amide bonds. The Labute approximate surface area is 230 Å². The number of aromatic amines is 1. The molecule has 39 heavy (non-hydrogen) atoms. The average molecular weight is 539 g/mol. The lowest BCUT2D eigenvalue weighted by Gasteiger charge is -2.44. The molecule has 2 N–H and O–H groups in total. The van der Waals surface area contributed by atoms with Gasteiger partial charge in [-0.25, -0.2) is 4.79 Å². The number of hydrogen-bond acceptors (Lipinski definition) is 6. The summed E-state index contributed by atoms with van der Waals surface area (Å²) in [5.74, 6) is -0.105. The molecule has 9 nitrogen and oxygen atoms in total. The highest BCUT2D eigenvalue weighted by Crippen LogP contribution is 2.39. The molecule has 4 rings (SSSR count). The summed E-state index contributed by atoms with van der Waals surface area (Å²) in [6.45, 7) is 14.5. The first-order valence-corrected chi connectivity index (χ1v) is 13.7. The number of amides is 2. The van der Waals surface area contributed by atoms with Crippen molar-refractivity contribution in [3.63, 3.8) is 0 Å². The maximum absolute atomic E-state index is 13.7. The zero-order chi connectivity index (χ0) is 28.7. The van der Waals surface area contributed by atoms with E-state index in [1.54, 1.807) is 9.80 Å². The van der Waals surface area contributed by atoms with Crippen LogP contribution in [0.25, 0.3) is 0 Å². The van der Waals surface area contributed by atoms with Gasteiger partial charge < -0.3 is 24.6 Å². The maximum atomic E-state index is 13.7. The third-order valence-corrected chi connectivity index (χ3v) is 7.57. The Morgan fingerprint density at radius 3 is 2.44 bits per heavy atom. The quantitative estimate of drug-likeness (QED) is 0.606. The van der Waals surface area contributed by atoms with Crippen LogP contribution in [-0.2, 0) is 21.4 Å². The minimum Gasteiger partial charge on any atom is -0.444 e. The van der Waals surface area contributed by atoms with E-state index in [1.165, 1.54) is 0 Å². The Kier molecular flexibility index (Phi) is 7.96. The van der Waals surface area contributed by atoms with E-state index < -0.39 is 17.1 Å². The predicted octanol–water partition coefficient (Wildman–Crippen LogP) is 3.20. The normalized spacial score (nSPS) is 21.1. The number of hydrogen-bond donors (Lipinski definition) is 2. The molecule has 1 saturated heterocycles. The number of aromatic nitrogens is 1. The number of piperazine rings is 1. The van der Waals surface area contributed by atoms with Crippen LogP contribution < -0.4 is 10.5 Å². The molecule has 2 aromatic rings. The van der Waals surface area contributed by atoms with Gasteiger partial charge in [0.1, 0.15) is 5.60 Å². The number of anilines is 1. The van der Waals surface area contributed by atoms with Crippen LogP contribution in [0.15, 0.2) is 35.1 Å². The average Bonchev–Trinajstić information content (AvgIpc) is 3.09. The van der Waals surface area contributed by atoms with E-state index in [1.807, 2.05) is 83.7 Å². The summed E-state index contributed by atoms with van der Waals surface area (Å²) in [7, 11) is 0. The highest BCUT2D eigenvalue weighted by atomic mass is 16.6. The molecular formula is C30H42N4O5. The second kappa shape index (κ2) is 10.8. The smallest absolute Gasteiger partial charge is 0.410 e. The second-order valence-electron chi connectivity index (χ2n) is 12.7. The van der Waals surface area contributed by atoms with Crippen LogP contribution in [0, 0.1) is 6.92 Å². The largest absolute Gasteiger partial charge is 0.444 e. The lowest BCUT2D eigenvalue weighted by atomic mass is 9.91. The molecule has 0 radical (unpaired) electrons. The van der Waals surface area contributed by atoms with Gasteiger partial charge in [-0.15, -0.1) is 0 Å². The van der Waals surface area contributed by atoms with Gasteiger partial charge in [0.25, 0.3) is 5.56 Å². The van der Waals surface area contributed by atoms with E-state index in [0.717, 1.165) is 22.5 Å². The number of aliphatic hydroxyl groups is 1. The Morgan fingerprint density at radius 1 is 1.15 bits per heavy atom. The number of benzene rings is 1. The van der Waals surface area contributed by atoms with Crippen molar-refractivity contribution in [3.8, 4) is 0 Å². The first-order valence-electron chi connectivity index (χ1n) is 13.7. The molecule has 0 spiro atoms. The summed E-state index contributed by atoms with van der Waals surface area (Å²) < 4.78 is 5.55. The number of fused-ring (bicyclic) bond motifs is 1. The van der Waals surface area contributed by atoms with E-state index in [2.05, 4.69) is 4.98 Å². The molecule has 1 fully saturated rings. The standard InChI is InChI=1S/C30H42N4O5/c1-19-8-10-21(11-9-19)12-22-13-24-26(31-27(22)37)30(6,7)18-34(24)25(36)16-32-14-20(2)33(15-23(32)17-35)28(38)39-29(3,4)5/h8-11,13,20,23,35H,12,14-18H2,1-7H3,(H,31,37)/t20-,23-/m1/s1. The van der Waals surface area contributed by atoms with Gasteiger partial charge in [-0.1, -0.05) is 43.7 Å². The van der Waals surface area contributed by atoms with Crippen LogP contribution in [0.4, 0.5) is 10.5 Å². The van der Waals surface area contributed by atoms with Gasteiger partial charge in [0.05, 0.1) is 24.9 Å². The van der Waals surface area contributed by atoms with E-state index >= 15 is 0 Å². The van der Waals surface area contributed by atoms with Crippen LogP contribution in [0.5, 0.6) is 0 Å². The topological polar surface area (TPSA) is 106 Å². The third kappa shape index (κ3) is 6.36. The summed E-state index contributed by atoms with van der Waals surface area (Å²) in [5, 5.41) is 10.1. The number of aliphatic hydroxyl groups excluding tert-OH is 1. The van der Waals surface area contributed by atoms with E-state index in [0.29, 0.717) is 25.1 Å². The minimum atomic E-state index is -0.617. The molecule has 0 unspecified atom stereocenters. The molecule has 0 aliphatic carbocycles. The first-order chi connectivity index (χ1) is 18.2. The second-order valence-corrected chi connectivity index (χ2v) is 12.7. The fourth-order valence-corrected chi connectivity index (χ4v) is 5.44. The number of rotatable bonds is 5. The molecule has 3 heterocycles. The Bertz CT molecular complexity index is 1280. The summed E-state index contributed by atoms with van der Waals surface area (Å²) in [4.78, 5) is 47.8. The van der Waals surface area contributed by atoms with Crippen LogP contribution >= 0.6 is 0 Å². The molecular weight excluding hydrogens is 496 g/mol. The number of aryl methyl sites for hydroxylation is 1. The fraction of sp³-hybridized carbons (Fsp3) is 0.567. The summed E-state index contributed by atoms with van der Waals surface area (Å²) in [6, 6.07) is 9.36. The van der Waals surface area contributed by atoms with Crippen molar-refractivity contribution in [2.45, 2.75) is 78.0 Å². The van der Waals surface area contributed by atoms with Gasteiger partial charge in [-0.2, -0.15) is 0 Å². The van der Waals surface area contributed by atoms with Crippen molar-refractivity contribution >= 4 is 17.7 Å². The van der Waals surface area contributed by atoms with E-state index in [-0.39, 0.29) is 43.2 Å². The van der Waals surface area contributed by atoms with Crippen molar-refractivity contribution in [2.75, 3.05) is 37.7 Å². The molecule has 9 heteroatoms. The number of nitrogens with zero attached hydrogens (tertiary/aromatic N) is 3. The van der Waals surface area contributed by atoms with Crippen molar-refractivity contribution in [1.82, 2.24) is 14.8 Å². The molecule has 1 aromatic carbocycles. The van der Waals surface area contributed by atoms with Crippen LogP contribution in [0.3, 0.4) is 0 Å². The van der Waals surface area contributed by atoms with Crippen LogP contribution in [-0.4, -0.2) is 82.4 Å². The van der Waals surface area contributed by atoms with Gasteiger partial charge in [0.2, 0.25) is 5.91 Å². The number of carbonyl (C=O) groups is 2. The summed E-state index contributed by atoms with van der Waals surface area (Å²) >= 11 is 0. The van der Waals surface area contributed by atoms with Crippen molar-refractivity contribution in [3.05, 3.63) is 63.1 Å². The van der Waals surface area contributed by atoms with Crippen LogP contribution in [0.1, 0.15) is 63.9 Å². The lowest BCUT2D eigenvalue weighted by Crippen LogP contribution is -2.62. The number of pyridine rings is 1. The van der Waals surface area contributed by atoms with Gasteiger partial charge in [0, 0.05) is 48.8 Å². The van der Waals surface area contributed by atoms with Crippen molar-refractivity contribution < 1.29 is 19.4 Å². The SMILES string of the molecule is Cc1ccc(Cc2cc3c([nH]c2=O)C(C)(C)CN3C(=O)CN2C[C@@H](C)N(C(=O)OC(C)(C)C)C[C@@H]2CO)cc1. The molecule has 2 aliphatic rings. The molecule has 212 valence electrons. The molecule has 0 bridgehead atoms. The molecule has 2 atom stereocenters. The number of carbonyl (C=O) groups excluding carboxylic acids is 2. The first kappa shape index (κ1) is 28.8. The highest BCUT2D eigenvalue weighted by molar-refractivity contribution is 5.97. The zero-order valence-corrected chi connectivity index (χ0v) is 24.2. The van der Waals surface area contributed by atoms with Gasteiger partial charge in [-0.05, 0) is 46.2 Å². The highest BCUT2D eigenvalue weighted by Gasteiger charge is 2.42. The van der Waals surface area contributed by atoms with E-state index in [4.69, 9.17) is 4.74 Å². The minimum absolute atomic E-state index is 0.0969. The summed E-state index contributed by atoms with van der Waals surface area (Å²) in [5.41, 5.74) is 3.12. The van der Waals surface area contributed by atoms with Gasteiger partial charge >= 0.3 is 6.09 Å². The molecule has 1 aromatic heterocycles. The summed E-state index contributed by atoms with van der Waals surface area (Å²) in [6.07, 6.45) is 0.0573. The third-order valence-electron chi connectivity index (χ3n) is 7.57. The Hall–Kier alpha value is -3.17. The Balaban J connectivity index is 1.53. The lowest BCUT2D eigenvalue weighted by molar-refractivity contribution is -0.121. The number of H-pyrrole nitrogens is 1.